The number of anilines is 1. The van der Waals surface area contributed by atoms with Crippen LogP contribution in [0, 0.1) is 5.82 Å². The summed E-state index contributed by atoms with van der Waals surface area (Å²) < 4.78 is 39.4. The number of hydrogen-bond acceptors (Lipinski definition) is 4. The summed E-state index contributed by atoms with van der Waals surface area (Å²) in [6, 6.07) is 11.7. The zero-order valence-corrected chi connectivity index (χ0v) is 22.2. The molecule has 0 radical (unpaired) electrons. The van der Waals surface area contributed by atoms with Gasteiger partial charge in [0.1, 0.15) is 11.9 Å². The van der Waals surface area contributed by atoms with Crippen molar-refractivity contribution < 1.29 is 22.4 Å². The number of hydrogen-bond donors (Lipinski definition) is 1. The molecule has 0 heterocycles. The Morgan fingerprint density at radius 1 is 1.14 bits per heavy atom. The van der Waals surface area contributed by atoms with Crippen LogP contribution in [-0.4, -0.2) is 50.0 Å². The molecule has 10 heteroatoms. The summed E-state index contributed by atoms with van der Waals surface area (Å²) in [5.74, 6) is -0.896. The van der Waals surface area contributed by atoms with Crippen molar-refractivity contribution in [3.63, 3.8) is 0 Å². The van der Waals surface area contributed by atoms with Gasteiger partial charge in [-0.15, -0.1) is 0 Å². The molecule has 1 fully saturated rings. The van der Waals surface area contributed by atoms with Crippen LogP contribution < -0.4 is 9.62 Å². The predicted octanol–water partition coefficient (Wildman–Crippen LogP) is 4.50. The molecule has 1 aliphatic carbocycles. The molecule has 1 unspecified atom stereocenters. The third-order valence-corrected chi connectivity index (χ3v) is 7.81. The summed E-state index contributed by atoms with van der Waals surface area (Å²) in [6.45, 7) is 1.90. The Labute approximate surface area is 217 Å². The topological polar surface area (TPSA) is 86.8 Å². The van der Waals surface area contributed by atoms with Gasteiger partial charge in [0.25, 0.3) is 0 Å². The zero-order valence-electron chi connectivity index (χ0n) is 20.6. The van der Waals surface area contributed by atoms with Crippen molar-refractivity contribution in [1.82, 2.24) is 10.2 Å². The van der Waals surface area contributed by atoms with E-state index in [9.17, 15) is 22.4 Å². The molecule has 196 valence electrons. The van der Waals surface area contributed by atoms with Crippen molar-refractivity contribution in [2.45, 2.75) is 64.1 Å². The number of benzene rings is 2. The van der Waals surface area contributed by atoms with Crippen LogP contribution >= 0.6 is 11.6 Å². The quantitative estimate of drug-likeness (QED) is 0.457. The van der Waals surface area contributed by atoms with Crippen LogP contribution in [0.4, 0.5) is 10.1 Å². The summed E-state index contributed by atoms with van der Waals surface area (Å²) in [5.41, 5.74) is 1.12. The first-order valence-electron chi connectivity index (χ1n) is 12.1. The van der Waals surface area contributed by atoms with Crippen LogP contribution in [-0.2, 0) is 26.2 Å². The summed E-state index contributed by atoms with van der Waals surface area (Å²) in [7, 11) is -3.60. The predicted molar refractivity (Wildman–Crippen MR) is 140 cm³/mol. The number of amides is 2. The molecular weight excluding hydrogens is 505 g/mol. The Morgan fingerprint density at radius 2 is 1.81 bits per heavy atom. The fraction of sp³-hybridized carbons (Fsp3) is 0.462. The van der Waals surface area contributed by atoms with E-state index >= 15 is 0 Å². The van der Waals surface area contributed by atoms with Gasteiger partial charge in [0.15, 0.2) is 0 Å². The van der Waals surface area contributed by atoms with E-state index in [1.54, 1.807) is 43.3 Å². The molecular formula is C26H33ClFN3O4S. The Balaban J connectivity index is 1.71. The third-order valence-electron chi connectivity index (χ3n) is 6.38. The molecule has 0 aliphatic heterocycles. The van der Waals surface area contributed by atoms with Crippen LogP contribution in [0.5, 0.6) is 0 Å². The number of nitrogens with one attached hydrogen (secondary N) is 1. The molecule has 1 saturated carbocycles. The molecule has 3 rings (SSSR count). The lowest BCUT2D eigenvalue weighted by atomic mass is 10.1. The van der Waals surface area contributed by atoms with E-state index in [4.69, 9.17) is 11.6 Å². The number of carbonyl (C=O) groups is 2. The molecule has 1 aliphatic rings. The Bertz CT molecular complexity index is 1150. The molecule has 2 aromatic carbocycles. The summed E-state index contributed by atoms with van der Waals surface area (Å²) in [4.78, 5) is 27.7. The average molecular weight is 538 g/mol. The first-order chi connectivity index (χ1) is 17.0. The summed E-state index contributed by atoms with van der Waals surface area (Å²) >= 11 is 6.03. The lowest BCUT2D eigenvalue weighted by molar-refractivity contribution is -0.141. The lowest BCUT2D eigenvalue weighted by Gasteiger charge is -2.30. The second-order valence-electron chi connectivity index (χ2n) is 9.23. The van der Waals surface area contributed by atoms with Crippen molar-refractivity contribution in [2.24, 2.45) is 0 Å². The van der Waals surface area contributed by atoms with E-state index in [1.807, 2.05) is 0 Å². The molecule has 0 spiro atoms. The SMILES string of the molecule is CC(C(=O)NC1CCCC1)N(Cc1ccc(F)cc1)C(=O)CCCN(c1cccc(Cl)c1)S(C)(=O)=O. The highest BCUT2D eigenvalue weighted by molar-refractivity contribution is 7.92. The second-order valence-corrected chi connectivity index (χ2v) is 11.6. The van der Waals surface area contributed by atoms with Gasteiger partial charge in [0.05, 0.1) is 11.9 Å². The van der Waals surface area contributed by atoms with E-state index in [0.29, 0.717) is 16.3 Å². The van der Waals surface area contributed by atoms with Gasteiger partial charge in [-0.3, -0.25) is 13.9 Å². The smallest absolute Gasteiger partial charge is 0.242 e. The first-order valence-corrected chi connectivity index (χ1v) is 14.3. The van der Waals surface area contributed by atoms with Crippen LogP contribution in [0.2, 0.25) is 5.02 Å². The zero-order chi connectivity index (χ0) is 26.3. The van der Waals surface area contributed by atoms with Crippen molar-refractivity contribution in [2.75, 3.05) is 17.1 Å². The molecule has 7 nitrogen and oxygen atoms in total. The van der Waals surface area contributed by atoms with Crippen LogP contribution in [0.3, 0.4) is 0 Å². The van der Waals surface area contributed by atoms with Crippen molar-refractivity contribution in [3.8, 4) is 0 Å². The van der Waals surface area contributed by atoms with Gasteiger partial charge in [-0.2, -0.15) is 0 Å². The third kappa shape index (κ3) is 7.93. The number of nitrogens with zero attached hydrogens (tertiary/aromatic N) is 2. The normalized spacial score (nSPS) is 14.9. The highest BCUT2D eigenvalue weighted by Crippen LogP contribution is 2.23. The number of rotatable bonds is 11. The Kier molecular flexibility index (Phi) is 9.73. The van der Waals surface area contributed by atoms with Gasteiger partial charge in [-0.25, -0.2) is 12.8 Å². The Hall–Kier alpha value is -2.65. The molecule has 36 heavy (non-hydrogen) atoms. The summed E-state index contributed by atoms with van der Waals surface area (Å²) in [6.07, 6.45) is 5.38. The van der Waals surface area contributed by atoms with Crippen LogP contribution in [0.25, 0.3) is 0 Å². The molecule has 1 N–H and O–H groups in total. The van der Waals surface area contributed by atoms with E-state index in [2.05, 4.69) is 5.32 Å². The largest absolute Gasteiger partial charge is 0.352 e. The molecule has 0 saturated heterocycles. The van der Waals surface area contributed by atoms with Gasteiger partial charge in [0.2, 0.25) is 21.8 Å². The van der Waals surface area contributed by atoms with Crippen molar-refractivity contribution in [3.05, 3.63) is 64.9 Å². The van der Waals surface area contributed by atoms with E-state index in [-0.39, 0.29) is 49.6 Å². The van der Waals surface area contributed by atoms with E-state index in [0.717, 1.165) is 31.9 Å². The lowest BCUT2D eigenvalue weighted by Crippen LogP contribution is -2.49. The highest BCUT2D eigenvalue weighted by atomic mass is 35.5. The molecule has 2 amide bonds. The summed E-state index contributed by atoms with van der Waals surface area (Å²) in [5, 5.41) is 3.44. The monoisotopic (exact) mass is 537 g/mol. The number of carbonyl (C=O) groups excluding carboxylic acids is 2. The number of sulfonamides is 1. The van der Waals surface area contributed by atoms with E-state index in [1.165, 1.54) is 21.3 Å². The molecule has 0 bridgehead atoms. The van der Waals surface area contributed by atoms with Gasteiger partial charge in [-0.05, 0) is 62.1 Å². The minimum atomic E-state index is -3.60. The molecule has 2 aromatic rings. The van der Waals surface area contributed by atoms with Crippen LogP contribution in [0.1, 0.15) is 51.0 Å². The Morgan fingerprint density at radius 3 is 2.42 bits per heavy atom. The van der Waals surface area contributed by atoms with Crippen LogP contribution in [0.15, 0.2) is 48.5 Å². The fourth-order valence-electron chi connectivity index (χ4n) is 4.40. The molecule has 1 atom stereocenters. The maximum atomic E-state index is 13.4. The first kappa shape index (κ1) is 27.9. The van der Waals surface area contributed by atoms with Crippen molar-refractivity contribution >= 4 is 39.1 Å². The second kappa shape index (κ2) is 12.5. The standard InChI is InChI=1S/C26H33ClFN3O4S/c1-19(26(33)29-23-8-3-4-9-23)30(18-20-12-14-22(28)15-13-20)25(32)11-6-16-31(36(2,34)35)24-10-5-7-21(27)17-24/h5,7,10,12-15,17,19,23H,3-4,6,8-9,11,16,18H2,1-2H3,(H,29,33). The van der Waals surface area contributed by atoms with Crippen molar-refractivity contribution in [1.29, 1.82) is 0 Å². The fourth-order valence-corrected chi connectivity index (χ4v) is 5.54. The van der Waals surface area contributed by atoms with Gasteiger partial charge in [-0.1, -0.05) is 42.6 Å². The maximum Gasteiger partial charge on any atom is 0.242 e. The van der Waals surface area contributed by atoms with E-state index < -0.39 is 16.1 Å². The maximum absolute atomic E-state index is 13.4. The van der Waals surface area contributed by atoms with Gasteiger partial charge < -0.3 is 10.2 Å². The average Bonchev–Trinajstić information content (AvgIpc) is 3.33. The number of halogens is 2. The van der Waals surface area contributed by atoms with Gasteiger partial charge in [0, 0.05) is 30.6 Å². The minimum absolute atomic E-state index is 0.0365. The molecule has 0 aromatic heterocycles. The minimum Gasteiger partial charge on any atom is -0.352 e. The highest BCUT2D eigenvalue weighted by Gasteiger charge is 2.28. The van der Waals surface area contributed by atoms with Gasteiger partial charge >= 0.3 is 0 Å².